The molecule has 0 radical (unpaired) electrons. The summed E-state index contributed by atoms with van der Waals surface area (Å²) in [6, 6.07) is 9.76. The Morgan fingerprint density at radius 3 is 2.74 bits per heavy atom. The fraction of sp³-hybridized carbons (Fsp3) is 0.368. The van der Waals surface area contributed by atoms with Crippen LogP contribution in [0.1, 0.15) is 37.7 Å². The molecule has 4 nitrogen and oxygen atoms in total. The molecule has 0 heterocycles. The van der Waals surface area contributed by atoms with Gasteiger partial charge in [-0.2, -0.15) is 5.26 Å². The van der Waals surface area contributed by atoms with Crippen molar-refractivity contribution in [3.05, 3.63) is 47.6 Å². The van der Waals surface area contributed by atoms with Gasteiger partial charge in [-0.3, -0.25) is 4.79 Å². The largest absolute Gasteiger partial charge is 0.496 e. The summed E-state index contributed by atoms with van der Waals surface area (Å²) in [6.07, 6.45) is 10.6. The van der Waals surface area contributed by atoms with Gasteiger partial charge in [0.2, 0.25) is 0 Å². The maximum Gasteiger partial charge on any atom is 0.262 e. The SMILES string of the molecule is COc1ccccc1C=CC=C(C#N)C(=O)NC1CCCCC1. The molecule has 1 amide bonds. The van der Waals surface area contributed by atoms with E-state index in [-0.39, 0.29) is 17.5 Å². The molecule has 1 aliphatic rings. The molecule has 1 fully saturated rings. The van der Waals surface area contributed by atoms with Gasteiger partial charge in [0.1, 0.15) is 17.4 Å². The second-order valence-electron chi connectivity index (χ2n) is 5.60. The number of carbonyl (C=O) groups is 1. The van der Waals surface area contributed by atoms with Crippen molar-refractivity contribution >= 4 is 12.0 Å². The Bertz CT molecular complexity index is 635. The molecule has 120 valence electrons. The van der Waals surface area contributed by atoms with E-state index in [0.717, 1.165) is 37.0 Å². The highest BCUT2D eigenvalue weighted by molar-refractivity contribution is 5.97. The van der Waals surface area contributed by atoms with Crippen molar-refractivity contribution in [1.82, 2.24) is 5.32 Å². The van der Waals surface area contributed by atoms with Crippen LogP contribution in [-0.2, 0) is 4.79 Å². The fourth-order valence-electron chi connectivity index (χ4n) is 2.73. The van der Waals surface area contributed by atoms with Crippen molar-refractivity contribution in [2.45, 2.75) is 38.1 Å². The van der Waals surface area contributed by atoms with Crippen LogP contribution in [0, 0.1) is 11.3 Å². The summed E-state index contributed by atoms with van der Waals surface area (Å²) >= 11 is 0. The number of para-hydroxylation sites is 1. The third-order valence-corrected chi connectivity index (χ3v) is 3.98. The summed E-state index contributed by atoms with van der Waals surface area (Å²) in [4.78, 5) is 12.1. The van der Waals surface area contributed by atoms with E-state index in [9.17, 15) is 10.1 Å². The first-order valence-corrected chi connectivity index (χ1v) is 7.97. The molecule has 1 aromatic carbocycles. The zero-order chi connectivity index (χ0) is 16.5. The Morgan fingerprint density at radius 2 is 2.04 bits per heavy atom. The summed E-state index contributed by atoms with van der Waals surface area (Å²) in [5, 5.41) is 12.1. The molecule has 23 heavy (non-hydrogen) atoms. The normalized spacial score (nSPS) is 16.1. The van der Waals surface area contributed by atoms with Crippen molar-refractivity contribution in [2.24, 2.45) is 0 Å². The lowest BCUT2D eigenvalue weighted by Crippen LogP contribution is -2.36. The summed E-state index contributed by atoms with van der Waals surface area (Å²) in [5.41, 5.74) is 1.03. The predicted molar refractivity (Wildman–Crippen MR) is 90.7 cm³/mol. The van der Waals surface area contributed by atoms with E-state index < -0.39 is 0 Å². The molecule has 0 saturated heterocycles. The van der Waals surface area contributed by atoms with Crippen molar-refractivity contribution in [3.8, 4) is 11.8 Å². The van der Waals surface area contributed by atoms with Gasteiger partial charge in [-0.25, -0.2) is 0 Å². The maximum atomic E-state index is 12.1. The van der Waals surface area contributed by atoms with Crippen LogP contribution in [-0.4, -0.2) is 19.1 Å². The van der Waals surface area contributed by atoms with Crippen LogP contribution in [0.4, 0.5) is 0 Å². The van der Waals surface area contributed by atoms with E-state index in [1.807, 2.05) is 36.4 Å². The van der Waals surface area contributed by atoms with E-state index in [1.54, 1.807) is 19.3 Å². The number of carbonyl (C=O) groups excluding carboxylic acids is 1. The van der Waals surface area contributed by atoms with Crippen LogP contribution in [0.25, 0.3) is 6.08 Å². The number of nitrogens with zero attached hydrogens (tertiary/aromatic N) is 1. The van der Waals surface area contributed by atoms with Gasteiger partial charge in [-0.1, -0.05) is 49.6 Å². The average molecular weight is 310 g/mol. The molecule has 0 spiro atoms. The zero-order valence-corrected chi connectivity index (χ0v) is 13.4. The van der Waals surface area contributed by atoms with Gasteiger partial charge in [0.05, 0.1) is 7.11 Å². The number of allylic oxidation sites excluding steroid dienone is 2. The lowest BCUT2D eigenvalue weighted by atomic mass is 9.95. The van der Waals surface area contributed by atoms with Gasteiger partial charge in [-0.05, 0) is 25.0 Å². The lowest BCUT2D eigenvalue weighted by molar-refractivity contribution is -0.118. The van der Waals surface area contributed by atoms with Gasteiger partial charge >= 0.3 is 0 Å². The quantitative estimate of drug-likeness (QED) is 0.513. The standard InChI is InChI=1S/C19H22N2O2/c1-23-18-13-6-5-8-15(18)9-7-10-16(14-20)19(22)21-17-11-3-2-4-12-17/h5-10,13,17H,2-4,11-12H2,1H3,(H,21,22). The van der Waals surface area contributed by atoms with Crippen molar-refractivity contribution < 1.29 is 9.53 Å². The van der Waals surface area contributed by atoms with E-state index in [0.29, 0.717) is 0 Å². The Balaban J connectivity index is 2.01. The van der Waals surface area contributed by atoms with Gasteiger partial charge in [-0.15, -0.1) is 0 Å². The molecule has 1 N–H and O–H groups in total. The summed E-state index contributed by atoms with van der Waals surface area (Å²) in [7, 11) is 1.61. The first kappa shape index (κ1) is 16.8. The van der Waals surface area contributed by atoms with Crippen LogP contribution in [0.15, 0.2) is 42.0 Å². The number of hydrogen-bond acceptors (Lipinski definition) is 3. The van der Waals surface area contributed by atoms with Crippen molar-refractivity contribution in [1.29, 1.82) is 5.26 Å². The minimum Gasteiger partial charge on any atom is -0.496 e. The Hall–Kier alpha value is -2.54. The number of ether oxygens (including phenoxy) is 1. The Labute approximate surface area is 137 Å². The van der Waals surface area contributed by atoms with Crippen LogP contribution in [0.3, 0.4) is 0 Å². The number of methoxy groups -OCH3 is 1. The second kappa shape index (κ2) is 8.79. The summed E-state index contributed by atoms with van der Waals surface area (Å²) < 4.78 is 5.26. The molecular formula is C19H22N2O2. The fourth-order valence-corrected chi connectivity index (χ4v) is 2.73. The molecule has 4 heteroatoms. The van der Waals surface area contributed by atoms with Gasteiger partial charge in [0, 0.05) is 11.6 Å². The predicted octanol–water partition coefficient (Wildman–Crippen LogP) is 3.61. The zero-order valence-electron chi connectivity index (χ0n) is 13.4. The first-order chi connectivity index (χ1) is 11.2. The molecule has 0 unspecified atom stereocenters. The molecular weight excluding hydrogens is 288 g/mol. The smallest absolute Gasteiger partial charge is 0.262 e. The number of benzene rings is 1. The van der Waals surface area contributed by atoms with Crippen LogP contribution < -0.4 is 10.1 Å². The lowest BCUT2D eigenvalue weighted by Gasteiger charge is -2.22. The van der Waals surface area contributed by atoms with E-state index in [1.165, 1.54) is 6.42 Å². The molecule has 0 aromatic heterocycles. The van der Waals surface area contributed by atoms with Crippen LogP contribution in [0.5, 0.6) is 5.75 Å². The summed E-state index contributed by atoms with van der Waals surface area (Å²) in [5.74, 6) is 0.464. The van der Waals surface area contributed by atoms with Crippen molar-refractivity contribution in [2.75, 3.05) is 7.11 Å². The van der Waals surface area contributed by atoms with E-state index in [2.05, 4.69) is 5.32 Å². The van der Waals surface area contributed by atoms with Gasteiger partial charge in [0.15, 0.2) is 0 Å². The number of amides is 1. The Morgan fingerprint density at radius 1 is 1.30 bits per heavy atom. The monoisotopic (exact) mass is 310 g/mol. The van der Waals surface area contributed by atoms with Gasteiger partial charge < -0.3 is 10.1 Å². The van der Waals surface area contributed by atoms with Crippen molar-refractivity contribution in [3.63, 3.8) is 0 Å². The molecule has 0 atom stereocenters. The summed E-state index contributed by atoms with van der Waals surface area (Å²) in [6.45, 7) is 0. The number of hydrogen-bond donors (Lipinski definition) is 1. The highest BCUT2D eigenvalue weighted by Gasteiger charge is 2.17. The third kappa shape index (κ3) is 5.00. The van der Waals surface area contributed by atoms with Crippen LogP contribution in [0.2, 0.25) is 0 Å². The van der Waals surface area contributed by atoms with Gasteiger partial charge in [0.25, 0.3) is 5.91 Å². The molecule has 1 aromatic rings. The number of nitrogens with one attached hydrogen (secondary N) is 1. The molecule has 1 aliphatic carbocycles. The minimum absolute atomic E-state index is 0.127. The van der Waals surface area contributed by atoms with E-state index in [4.69, 9.17) is 4.74 Å². The highest BCUT2D eigenvalue weighted by atomic mass is 16.5. The number of nitriles is 1. The maximum absolute atomic E-state index is 12.1. The molecule has 2 rings (SSSR count). The first-order valence-electron chi connectivity index (χ1n) is 7.97. The minimum atomic E-state index is -0.288. The number of rotatable bonds is 5. The molecule has 1 saturated carbocycles. The van der Waals surface area contributed by atoms with E-state index >= 15 is 0 Å². The highest BCUT2D eigenvalue weighted by Crippen LogP contribution is 2.19. The molecule has 0 bridgehead atoms. The topological polar surface area (TPSA) is 62.1 Å². The molecule has 0 aliphatic heterocycles. The Kier molecular flexibility index (Phi) is 6.43. The van der Waals surface area contributed by atoms with Crippen LogP contribution >= 0.6 is 0 Å². The average Bonchev–Trinajstić information content (AvgIpc) is 2.60. The second-order valence-corrected chi connectivity index (χ2v) is 5.60. The third-order valence-electron chi connectivity index (χ3n) is 3.98.